The molecule has 3 aromatic heterocycles. The Labute approximate surface area is 808 Å². The smallest absolute Gasteiger partial charge is 0.0546 e. The molecule has 0 N–H and O–H groups in total. The van der Waals surface area contributed by atoms with Crippen LogP contribution in [0.15, 0.2) is 504 Å². The van der Waals surface area contributed by atoms with E-state index in [9.17, 15) is 0 Å². The van der Waals surface area contributed by atoms with E-state index in [4.69, 9.17) is 0 Å². The highest BCUT2D eigenvalue weighted by molar-refractivity contribution is 7.27. The van der Waals surface area contributed by atoms with Crippen LogP contribution in [0.3, 0.4) is 0 Å². The van der Waals surface area contributed by atoms with E-state index in [2.05, 4.69) is 518 Å². The highest BCUT2D eigenvalue weighted by Gasteiger charge is 2.26. The van der Waals surface area contributed by atoms with Gasteiger partial charge in [0.2, 0.25) is 0 Å². The summed E-state index contributed by atoms with van der Waals surface area (Å²) in [7, 11) is 0. The Hall–Kier alpha value is -17.1. The second-order valence-corrected chi connectivity index (χ2v) is 39.1. The van der Waals surface area contributed by atoms with Crippen molar-refractivity contribution >= 4 is 275 Å². The monoisotopic (exact) mass is 1810 g/mol. The van der Waals surface area contributed by atoms with Gasteiger partial charge in [-0.05, 0) is 233 Å². The van der Waals surface area contributed by atoms with Crippen LogP contribution in [0.2, 0.25) is 0 Å². The van der Waals surface area contributed by atoms with Crippen molar-refractivity contribution in [2.24, 2.45) is 0 Å². The second kappa shape index (κ2) is 33.5. The molecule has 0 spiro atoms. The fourth-order valence-electron chi connectivity index (χ4n) is 21.8. The number of rotatable bonds is 11. The fourth-order valence-corrected chi connectivity index (χ4v) is 25.5. The van der Waals surface area contributed by atoms with Crippen molar-refractivity contribution in [3.05, 3.63) is 504 Å². The molecule has 0 atom stereocenters. The Morgan fingerprint density at radius 2 is 0.384 bits per heavy atom. The third kappa shape index (κ3) is 13.7. The topological polar surface area (TPSA) is 9.72 Å². The number of hydrogen-bond acceptors (Lipinski definition) is 6. The lowest BCUT2D eigenvalue weighted by Crippen LogP contribution is -2.11. The van der Waals surface area contributed by atoms with Crippen LogP contribution >= 0.6 is 34.0 Å². The van der Waals surface area contributed by atoms with E-state index in [0.29, 0.717) is 0 Å². The van der Waals surface area contributed by atoms with Gasteiger partial charge in [0.25, 0.3) is 0 Å². The molecule has 29 rings (SSSR count). The first kappa shape index (κ1) is 80.5. The van der Waals surface area contributed by atoms with Gasteiger partial charge >= 0.3 is 0 Å². The number of fused-ring (bicyclic) bond motifs is 27. The number of benzene rings is 26. The van der Waals surface area contributed by atoms with Crippen molar-refractivity contribution in [2.75, 3.05) is 14.7 Å². The molecule has 26 aromatic carbocycles. The minimum Gasteiger partial charge on any atom is -0.310 e. The van der Waals surface area contributed by atoms with Gasteiger partial charge in [0, 0.05) is 110 Å². The molecule has 0 aliphatic carbocycles. The van der Waals surface area contributed by atoms with Crippen LogP contribution in [0, 0.1) is 0 Å². The molecule has 0 aliphatic heterocycles. The van der Waals surface area contributed by atoms with E-state index in [0.717, 1.165) is 34.1 Å². The molecule has 138 heavy (non-hydrogen) atoms. The van der Waals surface area contributed by atoms with Crippen LogP contribution in [-0.4, -0.2) is 0 Å². The van der Waals surface area contributed by atoms with Gasteiger partial charge in [-0.3, -0.25) is 0 Å². The number of thiophene rings is 3. The Kier molecular flexibility index (Phi) is 19.6. The fraction of sp³-hybridized carbons (Fsp3) is 0. The first-order chi connectivity index (χ1) is 68.4. The summed E-state index contributed by atoms with van der Waals surface area (Å²) < 4.78 is 7.98. The molecule has 644 valence electrons. The first-order valence-electron chi connectivity index (χ1n) is 47.2. The second-order valence-electron chi connectivity index (χ2n) is 35.9. The summed E-state index contributed by atoms with van der Waals surface area (Å²) in [5.74, 6) is 0. The number of anilines is 9. The van der Waals surface area contributed by atoms with E-state index in [1.54, 1.807) is 0 Å². The maximum absolute atomic E-state index is 2.47. The van der Waals surface area contributed by atoms with E-state index in [1.807, 2.05) is 34.0 Å². The zero-order chi connectivity index (χ0) is 90.8. The molecule has 0 fully saturated rings. The summed E-state index contributed by atoms with van der Waals surface area (Å²) >= 11 is 5.67. The summed E-state index contributed by atoms with van der Waals surface area (Å²) in [5.41, 5.74) is 15.4. The van der Waals surface area contributed by atoms with Gasteiger partial charge in [-0.2, -0.15) is 0 Å². The van der Waals surface area contributed by atoms with E-state index >= 15 is 0 Å². The molecule has 0 amide bonds. The van der Waals surface area contributed by atoms with Crippen molar-refractivity contribution in [3.8, 4) is 22.3 Å². The quantitative estimate of drug-likeness (QED) is 0.120. The SMILES string of the molecule is c1ccc(-c2c(-c3ccc(N(c4ccc5sc6c7ccccc7ccc6c5c4)c4cccc5ccccc45)cc3)c3ccccc3c3ccccc23)cc1.c1ccc2c(N(c3ccc4c(ccc5ccccc54)c3)c3ccc4sc5c6ccccc6ccc5c4c3)cccc2c1.c1ccc2c(N(c3ccc4sc5c6ccccc6ccc5c4c3)c3cc4ccccc4c4ccccc34)cccc2c1. The van der Waals surface area contributed by atoms with Crippen LogP contribution in [0.25, 0.3) is 212 Å². The normalized spacial score (nSPS) is 11.8. The van der Waals surface area contributed by atoms with Crippen LogP contribution in [0.5, 0.6) is 0 Å². The first-order valence-corrected chi connectivity index (χ1v) is 49.7. The van der Waals surface area contributed by atoms with Gasteiger partial charge in [-0.25, -0.2) is 0 Å². The van der Waals surface area contributed by atoms with Gasteiger partial charge in [-0.1, -0.05) is 400 Å². The lowest BCUT2D eigenvalue weighted by atomic mass is 9.85. The van der Waals surface area contributed by atoms with Gasteiger partial charge in [0.1, 0.15) is 0 Å². The van der Waals surface area contributed by atoms with Gasteiger partial charge < -0.3 is 14.7 Å². The zero-order valence-electron chi connectivity index (χ0n) is 75.0. The summed E-state index contributed by atoms with van der Waals surface area (Å²) in [6, 6.07) is 185. The Balaban J connectivity index is 0.000000106. The van der Waals surface area contributed by atoms with Gasteiger partial charge in [0.05, 0.1) is 22.7 Å². The third-order valence-electron chi connectivity index (χ3n) is 28.2. The van der Waals surface area contributed by atoms with Crippen LogP contribution < -0.4 is 14.7 Å². The predicted molar refractivity (Wildman–Crippen MR) is 603 cm³/mol. The molecule has 6 heteroatoms. The minimum absolute atomic E-state index is 1.12. The standard InChI is InChI=1S/C52H33NS.2C40H25NS/c1-2-15-36(16-3-1)50-44-22-10-8-20-42(44)43-21-9-11-23-45(43)51(50)37-25-28-38(29-26-37)53(48-24-12-17-34-13-4-6-18-40(34)48)39-30-32-49-47(33-39)46-31-27-35-14-5-7-19-41(35)52(46)54-49;1-5-15-31-26(10-1)13-9-19-37(31)41(38-24-28-12-3-4-14-30(28)33-17-7-8-18-34(33)38)29-21-23-39-36(25-29)35-22-20-27-11-2-6-16-32(27)40(35)42-39;1-4-12-32-27(9-1)16-17-29-24-30(19-22-33(29)32)41(38-15-7-11-26-8-2-5-13-34(26)38)31-20-23-39-37(25-31)36-21-18-28-10-3-6-14-35(28)40(36)42-39/h1-33H;2*1-25H. The van der Waals surface area contributed by atoms with Crippen molar-refractivity contribution in [2.45, 2.75) is 0 Å². The average Bonchev–Trinajstić information content (AvgIpc) is 1.26. The van der Waals surface area contributed by atoms with Crippen molar-refractivity contribution in [1.29, 1.82) is 0 Å². The minimum atomic E-state index is 1.12. The summed E-state index contributed by atoms with van der Waals surface area (Å²) in [6.45, 7) is 0. The Morgan fingerprint density at radius 1 is 0.123 bits per heavy atom. The van der Waals surface area contributed by atoms with Gasteiger partial charge in [-0.15, -0.1) is 34.0 Å². The lowest BCUT2D eigenvalue weighted by molar-refractivity contribution is 1.30. The molecule has 29 aromatic rings. The lowest BCUT2D eigenvalue weighted by Gasteiger charge is -2.29. The molecule has 0 unspecified atom stereocenters. The predicted octanol–water partition coefficient (Wildman–Crippen LogP) is 39.7. The Morgan fingerprint density at radius 3 is 0.826 bits per heavy atom. The molecule has 0 bridgehead atoms. The van der Waals surface area contributed by atoms with E-state index in [1.165, 1.54) is 229 Å². The maximum Gasteiger partial charge on any atom is 0.0546 e. The zero-order valence-corrected chi connectivity index (χ0v) is 77.4. The molecular weight excluding hydrogens is 1720 g/mol. The molecule has 0 aliphatic rings. The molecule has 0 saturated carbocycles. The van der Waals surface area contributed by atoms with Crippen LogP contribution in [0.4, 0.5) is 51.2 Å². The number of nitrogens with zero attached hydrogens (tertiary/aromatic N) is 3. The molecule has 0 radical (unpaired) electrons. The summed E-state index contributed by atoms with van der Waals surface area (Å²) in [5, 5.41) is 38.2. The van der Waals surface area contributed by atoms with Crippen LogP contribution in [-0.2, 0) is 0 Å². The molecular formula is C132H83N3S3. The van der Waals surface area contributed by atoms with Crippen molar-refractivity contribution in [3.63, 3.8) is 0 Å². The summed E-state index contributed by atoms with van der Waals surface area (Å²) in [6.07, 6.45) is 0. The summed E-state index contributed by atoms with van der Waals surface area (Å²) in [4.78, 5) is 7.34. The van der Waals surface area contributed by atoms with Crippen LogP contribution in [0.1, 0.15) is 0 Å². The Bertz CT molecular complexity index is 9970. The molecule has 3 nitrogen and oxygen atoms in total. The average molecular weight is 1810 g/mol. The number of hydrogen-bond donors (Lipinski definition) is 0. The third-order valence-corrected chi connectivity index (χ3v) is 31.9. The van der Waals surface area contributed by atoms with Gasteiger partial charge in [0.15, 0.2) is 0 Å². The highest BCUT2D eigenvalue weighted by Crippen LogP contribution is 2.53. The maximum atomic E-state index is 2.47. The molecule has 0 saturated heterocycles. The highest BCUT2D eigenvalue weighted by atomic mass is 32.1. The van der Waals surface area contributed by atoms with E-state index < -0.39 is 0 Å². The molecule has 3 heterocycles. The van der Waals surface area contributed by atoms with E-state index in [-0.39, 0.29) is 0 Å². The van der Waals surface area contributed by atoms with Crippen molar-refractivity contribution in [1.82, 2.24) is 0 Å². The largest absolute Gasteiger partial charge is 0.310 e. The van der Waals surface area contributed by atoms with Crippen molar-refractivity contribution < 1.29 is 0 Å².